The van der Waals surface area contributed by atoms with Crippen LogP contribution in [-0.4, -0.2) is 6.21 Å². The van der Waals surface area contributed by atoms with Crippen LogP contribution in [0.25, 0.3) is 0 Å². The molecule has 1 N–H and O–H groups in total. The molecular weight excluding hydrogens is 253 g/mol. The first kappa shape index (κ1) is 13.1. The number of anilines is 1. The number of rotatable bonds is 3. The van der Waals surface area contributed by atoms with Crippen molar-refractivity contribution in [3.05, 3.63) is 65.7 Å². The van der Waals surface area contributed by atoms with E-state index in [-0.39, 0.29) is 0 Å². The van der Waals surface area contributed by atoms with E-state index in [0.29, 0.717) is 5.69 Å². The molecule has 0 radical (unpaired) electrons. The molecule has 2 aromatic rings. The summed E-state index contributed by atoms with van der Waals surface area (Å²) in [4.78, 5) is 0. The van der Waals surface area contributed by atoms with Crippen molar-refractivity contribution in [1.82, 2.24) is 0 Å². The molecule has 0 saturated heterocycles. The number of nitrogens with zero attached hydrogens (tertiary/aromatic N) is 1. The molecule has 0 saturated carbocycles. The lowest BCUT2D eigenvalue weighted by Crippen LogP contribution is -2.05. The van der Waals surface area contributed by atoms with E-state index in [0.717, 1.165) is 17.7 Å². The van der Waals surface area contributed by atoms with Gasteiger partial charge in [-0.1, -0.05) is 36.4 Å². The van der Waals surface area contributed by atoms with Gasteiger partial charge in [0.2, 0.25) is 0 Å². The molecule has 0 aliphatic heterocycles. The average molecular weight is 264 g/mol. The highest BCUT2D eigenvalue weighted by atomic mass is 19.4. The highest BCUT2D eigenvalue weighted by Crippen LogP contribution is 2.30. The lowest BCUT2D eigenvalue weighted by Gasteiger charge is -2.07. The Bertz CT molecular complexity index is 562. The molecular formula is C14H11F3N2. The molecule has 0 aliphatic carbocycles. The standard InChI is InChI=1S/C14H11F3N2/c15-14(16,17)12-7-4-8-13(9-12)19-18-10-11-5-2-1-3-6-11/h1-10,19H/b18-10-. The molecule has 2 aromatic carbocycles. The maximum atomic E-state index is 12.5. The Morgan fingerprint density at radius 3 is 2.37 bits per heavy atom. The molecule has 0 unspecified atom stereocenters. The van der Waals surface area contributed by atoms with E-state index < -0.39 is 11.7 Å². The van der Waals surface area contributed by atoms with Gasteiger partial charge < -0.3 is 0 Å². The predicted molar refractivity (Wildman–Crippen MR) is 69.1 cm³/mol. The fraction of sp³-hybridized carbons (Fsp3) is 0.0714. The highest BCUT2D eigenvalue weighted by Gasteiger charge is 2.30. The van der Waals surface area contributed by atoms with E-state index in [1.165, 1.54) is 12.1 Å². The van der Waals surface area contributed by atoms with Gasteiger partial charge in [0.25, 0.3) is 0 Å². The smallest absolute Gasteiger partial charge is 0.278 e. The minimum Gasteiger partial charge on any atom is -0.278 e. The summed E-state index contributed by atoms with van der Waals surface area (Å²) in [5.74, 6) is 0. The normalized spacial score (nSPS) is 11.7. The minimum atomic E-state index is -4.35. The Morgan fingerprint density at radius 2 is 1.68 bits per heavy atom. The van der Waals surface area contributed by atoms with Crippen LogP contribution in [0.1, 0.15) is 11.1 Å². The van der Waals surface area contributed by atoms with E-state index in [1.807, 2.05) is 30.3 Å². The third-order valence-electron chi connectivity index (χ3n) is 2.40. The van der Waals surface area contributed by atoms with Crippen LogP contribution in [0.15, 0.2) is 59.7 Å². The molecule has 0 aliphatic rings. The zero-order valence-corrected chi connectivity index (χ0v) is 9.85. The monoisotopic (exact) mass is 264 g/mol. The molecule has 2 rings (SSSR count). The van der Waals surface area contributed by atoms with Gasteiger partial charge in [0.05, 0.1) is 17.5 Å². The third kappa shape index (κ3) is 3.84. The summed E-state index contributed by atoms with van der Waals surface area (Å²) in [6.07, 6.45) is -2.80. The number of hydrogen-bond acceptors (Lipinski definition) is 2. The molecule has 5 heteroatoms. The fourth-order valence-corrected chi connectivity index (χ4v) is 1.49. The van der Waals surface area contributed by atoms with Crippen molar-refractivity contribution in [3.8, 4) is 0 Å². The number of hydrazone groups is 1. The Kier molecular flexibility index (Phi) is 3.85. The molecule has 0 atom stereocenters. The first-order valence-corrected chi connectivity index (χ1v) is 5.57. The van der Waals surface area contributed by atoms with Crippen molar-refractivity contribution in [3.63, 3.8) is 0 Å². The number of hydrogen-bond donors (Lipinski definition) is 1. The Morgan fingerprint density at radius 1 is 0.947 bits per heavy atom. The van der Waals surface area contributed by atoms with Crippen molar-refractivity contribution in [2.45, 2.75) is 6.18 Å². The molecule has 2 nitrogen and oxygen atoms in total. The molecule has 0 fully saturated rings. The maximum Gasteiger partial charge on any atom is 0.416 e. The van der Waals surface area contributed by atoms with Gasteiger partial charge in [0.15, 0.2) is 0 Å². The summed E-state index contributed by atoms with van der Waals surface area (Å²) in [6, 6.07) is 14.2. The first-order valence-electron chi connectivity index (χ1n) is 5.57. The summed E-state index contributed by atoms with van der Waals surface area (Å²) >= 11 is 0. The van der Waals surface area contributed by atoms with E-state index in [1.54, 1.807) is 6.21 Å². The van der Waals surface area contributed by atoms with Gasteiger partial charge in [0, 0.05) is 0 Å². The van der Waals surface area contributed by atoms with Gasteiger partial charge in [-0.15, -0.1) is 0 Å². The fourth-order valence-electron chi connectivity index (χ4n) is 1.49. The molecule has 0 aromatic heterocycles. The number of halogens is 3. The van der Waals surface area contributed by atoms with Gasteiger partial charge >= 0.3 is 6.18 Å². The van der Waals surface area contributed by atoms with E-state index in [2.05, 4.69) is 10.5 Å². The minimum absolute atomic E-state index is 0.294. The molecule has 0 amide bonds. The predicted octanol–water partition coefficient (Wildman–Crippen LogP) is 4.15. The summed E-state index contributed by atoms with van der Waals surface area (Å²) in [5, 5.41) is 3.89. The van der Waals surface area contributed by atoms with Crippen molar-refractivity contribution in [2.24, 2.45) is 5.10 Å². The van der Waals surface area contributed by atoms with Crippen LogP contribution in [0, 0.1) is 0 Å². The third-order valence-corrected chi connectivity index (χ3v) is 2.40. The van der Waals surface area contributed by atoms with Crippen molar-refractivity contribution in [2.75, 3.05) is 5.43 Å². The van der Waals surface area contributed by atoms with Crippen molar-refractivity contribution in [1.29, 1.82) is 0 Å². The summed E-state index contributed by atoms with van der Waals surface area (Å²) < 4.78 is 37.5. The molecule has 19 heavy (non-hydrogen) atoms. The Balaban J connectivity index is 2.06. The van der Waals surface area contributed by atoms with Gasteiger partial charge in [-0.3, -0.25) is 5.43 Å². The second kappa shape index (κ2) is 5.56. The summed E-state index contributed by atoms with van der Waals surface area (Å²) in [7, 11) is 0. The Labute approximate surface area is 108 Å². The van der Waals surface area contributed by atoms with Crippen molar-refractivity contribution >= 4 is 11.9 Å². The quantitative estimate of drug-likeness (QED) is 0.653. The van der Waals surface area contributed by atoms with Gasteiger partial charge in [-0.25, -0.2) is 0 Å². The SMILES string of the molecule is FC(F)(F)c1cccc(N/N=C\c2ccccc2)c1. The molecule has 98 valence electrons. The highest BCUT2D eigenvalue weighted by molar-refractivity contribution is 5.80. The zero-order chi connectivity index (χ0) is 13.7. The van der Waals surface area contributed by atoms with E-state index >= 15 is 0 Å². The van der Waals surface area contributed by atoms with Gasteiger partial charge in [0.1, 0.15) is 0 Å². The summed E-state index contributed by atoms with van der Waals surface area (Å²) in [6.45, 7) is 0. The molecule has 0 bridgehead atoms. The maximum absolute atomic E-state index is 12.5. The summed E-state index contributed by atoms with van der Waals surface area (Å²) in [5.41, 5.74) is 3.03. The molecule has 0 spiro atoms. The second-order valence-electron chi connectivity index (χ2n) is 3.86. The van der Waals surface area contributed by atoms with E-state index in [9.17, 15) is 13.2 Å². The zero-order valence-electron chi connectivity index (χ0n) is 9.85. The van der Waals surface area contributed by atoms with Crippen LogP contribution in [0.5, 0.6) is 0 Å². The first-order chi connectivity index (χ1) is 9.05. The Hall–Kier alpha value is -2.30. The number of benzene rings is 2. The van der Waals surface area contributed by atoms with Crippen molar-refractivity contribution < 1.29 is 13.2 Å². The topological polar surface area (TPSA) is 24.4 Å². The second-order valence-corrected chi connectivity index (χ2v) is 3.86. The van der Waals surface area contributed by atoms with E-state index in [4.69, 9.17) is 0 Å². The van der Waals surface area contributed by atoms with Crippen LogP contribution in [0.2, 0.25) is 0 Å². The van der Waals surface area contributed by atoms with Gasteiger partial charge in [-0.05, 0) is 23.8 Å². The lowest BCUT2D eigenvalue weighted by atomic mass is 10.2. The van der Waals surface area contributed by atoms with Crippen LogP contribution in [0.3, 0.4) is 0 Å². The van der Waals surface area contributed by atoms with Crippen LogP contribution in [-0.2, 0) is 6.18 Å². The number of alkyl halides is 3. The van der Waals surface area contributed by atoms with Crippen LogP contribution < -0.4 is 5.43 Å². The van der Waals surface area contributed by atoms with Crippen LogP contribution in [0.4, 0.5) is 18.9 Å². The lowest BCUT2D eigenvalue weighted by molar-refractivity contribution is -0.137. The van der Waals surface area contributed by atoms with Gasteiger partial charge in [-0.2, -0.15) is 18.3 Å². The van der Waals surface area contributed by atoms with Crippen LogP contribution >= 0.6 is 0 Å². The average Bonchev–Trinajstić information content (AvgIpc) is 2.39. The number of nitrogens with one attached hydrogen (secondary N) is 1. The molecule has 0 heterocycles. The largest absolute Gasteiger partial charge is 0.416 e.